The number of halogens is 1. The number of rotatable bonds is 8. The van der Waals surface area contributed by atoms with E-state index in [2.05, 4.69) is 53.8 Å². The van der Waals surface area contributed by atoms with Crippen LogP contribution in [-0.4, -0.2) is 28.6 Å². The molecule has 1 unspecified atom stereocenters. The quantitative estimate of drug-likeness (QED) is 0.493. The first-order valence-corrected chi connectivity index (χ1v) is 9.65. The molecule has 1 atom stereocenters. The molecule has 0 aromatic heterocycles. The average molecular weight is 394 g/mol. The van der Waals surface area contributed by atoms with Gasteiger partial charge in [0.2, 0.25) is 0 Å². The van der Waals surface area contributed by atoms with Crippen LogP contribution in [-0.2, 0) is 13.3 Å². The minimum Gasteiger partial charge on any atom is -0.373 e. The zero-order valence-electron chi connectivity index (χ0n) is 12.1. The van der Waals surface area contributed by atoms with E-state index in [1.807, 2.05) is 20.8 Å². The third-order valence-electron chi connectivity index (χ3n) is 2.94. The van der Waals surface area contributed by atoms with Gasteiger partial charge in [-0.05, 0) is 61.1 Å². The fourth-order valence-electron chi connectivity index (χ4n) is 2.06. The monoisotopic (exact) mass is 394 g/mol. The summed E-state index contributed by atoms with van der Waals surface area (Å²) >= 11 is 2.31. The molecule has 1 rings (SSSR count). The second kappa shape index (κ2) is 8.36. The molecule has 0 aliphatic carbocycles. The standard InChI is InChI=1S/C14H23IO3Si/c1-5-16-19(17-6-2,18-7-3)12(4)13-8-10-14(15)11-9-13/h8-12H,5-7H2,1-4H3. The Bertz CT molecular complexity index is 352. The maximum atomic E-state index is 5.95. The lowest BCUT2D eigenvalue weighted by molar-refractivity contribution is 0.0633. The zero-order valence-corrected chi connectivity index (χ0v) is 15.3. The molecule has 0 aliphatic rings. The number of hydrogen-bond donors (Lipinski definition) is 0. The molecule has 0 bridgehead atoms. The summed E-state index contributed by atoms with van der Waals surface area (Å²) in [5.41, 5.74) is 1.35. The fraction of sp³-hybridized carbons (Fsp3) is 0.571. The van der Waals surface area contributed by atoms with Crippen molar-refractivity contribution in [1.29, 1.82) is 0 Å². The van der Waals surface area contributed by atoms with Crippen LogP contribution in [0.3, 0.4) is 0 Å². The van der Waals surface area contributed by atoms with Crippen molar-refractivity contribution >= 4 is 31.4 Å². The topological polar surface area (TPSA) is 27.7 Å². The summed E-state index contributed by atoms with van der Waals surface area (Å²) in [6.45, 7) is 9.93. The van der Waals surface area contributed by atoms with Crippen molar-refractivity contribution in [3.05, 3.63) is 33.4 Å². The van der Waals surface area contributed by atoms with Gasteiger partial charge in [0, 0.05) is 23.4 Å². The minimum absolute atomic E-state index is 0.143. The highest BCUT2D eigenvalue weighted by Gasteiger charge is 2.47. The minimum atomic E-state index is -2.66. The van der Waals surface area contributed by atoms with Gasteiger partial charge in [-0.2, -0.15) is 0 Å². The Balaban J connectivity index is 3.03. The highest BCUT2D eigenvalue weighted by atomic mass is 127. The van der Waals surface area contributed by atoms with Crippen molar-refractivity contribution < 1.29 is 13.3 Å². The third kappa shape index (κ3) is 4.52. The van der Waals surface area contributed by atoms with Gasteiger partial charge in [0.25, 0.3) is 0 Å². The summed E-state index contributed by atoms with van der Waals surface area (Å²) in [7, 11) is -2.66. The van der Waals surface area contributed by atoms with Gasteiger partial charge < -0.3 is 13.3 Å². The van der Waals surface area contributed by atoms with Crippen molar-refractivity contribution in [2.24, 2.45) is 0 Å². The molecule has 19 heavy (non-hydrogen) atoms. The van der Waals surface area contributed by atoms with Gasteiger partial charge in [0.1, 0.15) is 0 Å². The highest BCUT2D eigenvalue weighted by Crippen LogP contribution is 2.30. The first-order valence-electron chi connectivity index (χ1n) is 6.76. The van der Waals surface area contributed by atoms with E-state index in [1.54, 1.807) is 0 Å². The summed E-state index contributed by atoms with van der Waals surface area (Å²) in [5, 5.41) is 0. The summed E-state index contributed by atoms with van der Waals surface area (Å²) < 4.78 is 19.1. The van der Waals surface area contributed by atoms with Crippen LogP contribution in [0.1, 0.15) is 38.8 Å². The second-order valence-electron chi connectivity index (χ2n) is 4.18. The largest absolute Gasteiger partial charge is 0.508 e. The van der Waals surface area contributed by atoms with Crippen molar-refractivity contribution in [2.45, 2.75) is 33.2 Å². The molecule has 0 saturated carbocycles. The van der Waals surface area contributed by atoms with Crippen LogP contribution in [0.4, 0.5) is 0 Å². The Morgan fingerprint density at radius 3 is 1.74 bits per heavy atom. The normalized spacial score (nSPS) is 13.5. The maximum absolute atomic E-state index is 5.95. The van der Waals surface area contributed by atoms with E-state index in [9.17, 15) is 0 Å². The fourth-order valence-corrected chi connectivity index (χ4v) is 5.23. The van der Waals surface area contributed by atoms with Gasteiger partial charge in [-0.15, -0.1) is 0 Å². The Hall–Kier alpha value is 0.0469. The molecule has 1 aromatic rings. The maximum Gasteiger partial charge on any atom is 0.508 e. The van der Waals surface area contributed by atoms with Crippen LogP contribution in [0, 0.1) is 3.57 Å². The van der Waals surface area contributed by atoms with Crippen LogP contribution in [0.25, 0.3) is 0 Å². The molecule has 1 aromatic carbocycles. The number of benzene rings is 1. The summed E-state index contributed by atoms with van der Waals surface area (Å²) in [6, 6.07) is 8.47. The molecule has 0 aliphatic heterocycles. The van der Waals surface area contributed by atoms with E-state index in [1.165, 1.54) is 9.13 Å². The molecule has 0 spiro atoms. The van der Waals surface area contributed by atoms with E-state index in [4.69, 9.17) is 13.3 Å². The molecule has 0 radical (unpaired) electrons. The molecule has 108 valence electrons. The van der Waals surface area contributed by atoms with Crippen LogP contribution in [0.5, 0.6) is 0 Å². The van der Waals surface area contributed by atoms with Gasteiger partial charge in [0.05, 0.1) is 5.54 Å². The third-order valence-corrected chi connectivity index (χ3v) is 7.12. The van der Waals surface area contributed by atoms with Crippen molar-refractivity contribution in [3.63, 3.8) is 0 Å². The molecule has 0 fully saturated rings. The van der Waals surface area contributed by atoms with Gasteiger partial charge in [-0.25, -0.2) is 0 Å². The van der Waals surface area contributed by atoms with Crippen LogP contribution in [0.15, 0.2) is 24.3 Å². The lowest BCUT2D eigenvalue weighted by Crippen LogP contribution is -2.51. The van der Waals surface area contributed by atoms with E-state index >= 15 is 0 Å². The Labute approximate surface area is 131 Å². The molecule has 0 heterocycles. The average Bonchev–Trinajstić information content (AvgIpc) is 2.39. The summed E-state index contributed by atoms with van der Waals surface area (Å²) in [5.74, 6) is 0. The molecular weight excluding hydrogens is 371 g/mol. The lowest BCUT2D eigenvalue weighted by Gasteiger charge is -2.33. The Morgan fingerprint density at radius 1 is 0.947 bits per heavy atom. The summed E-state index contributed by atoms with van der Waals surface area (Å²) in [4.78, 5) is 0. The Kier molecular flexibility index (Phi) is 7.52. The van der Waals surface area contributed by atoms with E-state index < -0.39 is 8.80 Å². The van der Waals surface area contributed by atoms with Gasteiger partial charge >= 0.3 is 8.80 Å². The number of hydrogen-bond acceptors (Lipinski definition) is 3. The highest BCUT2D eigenvalue weighted by molar-refractivity contribution is 14.1. The first-order chi connectivity index (χ1) is 9.09. The molecule has 0 saturated heterocycles. The molecule has 0 amide bonds. The van der Waals surface area contributed by atoms with Crippen molar-refractivity contribution in [3.8, 4) is 0 Å². The van der Waals surface area contributed by atoms with Crippen LogP contribution in [0.2, 0.25) is 0 Å². The zero-order chi connectivity index (χ0) is 14.3. The van der Waals surface area contributed by atoms with Crippen LogP contribution < -0.4 is 0 Å². The molecule has 3 nitrogen and oxygen atoms in total. The lowest BCUT2D eigenvalue weighted by atomic mass is 10.2. The van der Waals surface area contributed by atoms with E-state index in [-0.39, 0.29) is 5.54 Å². The molecular formula is C14H23IO3Si. The van der Waals surface area contributed by atoms with Gasteiger partial charge in [-0.1, -0.05) is 19.1 Å². The smallest absolute Gasteiger partial charge is 0.373 e. The van der Waals surface area contributed by atoms with E-state index in [0.29, 0.717) is 19.8 Å². The van der Waals surface area contributed by atoms with Crippen molar-refractivity contribution in [1.82, 2.24) is 0 Å². The summed E-state index contributed by atoms with van der Waals surface area (Å²) in [6.07, 6.45) is 0. The van der Waals surface area contributed by atoms with Crippen molar-refractivity contribution in [2.75, 3.05) is 19.8 Å². The second-order valence-corrected chi connectivity index (χ2v) is 8.36. The SMILES string of the molecule is CCO[Si](OCC)(OCC)C(C)c1ccc(I)cc1. The van der Waals surface area contributed by atoms with Gasteiger partial charge in [-0.3, -0.25) is 0 Å². The van der Waals surface area contributed by atoms with Gasteiger partial charge in [0.15, 0.2) is 0 Å². The Morgan fingerprint density at radius 2 is 1.37 bits per heavy atom. The molecule has 5 heteroatoms. The van der Waals surface area contributed by atoms with Crippen LogP contribution >= 0.6 is 22.6 Å². The predicted molar refractivity (Wildman–Crippen MR) is 88.2 cm³/mol. The first kappa shape index (κ1) is 17.1. The predicted octanol–water partition coefficient (Wildman–Crippen LogP) is 3.98. The van der Waals surface area contributed by atoms with E-state index in [0.717, 1.165) is 0 Å². The molecule has 0 N–H and O–H groups in total.